The third-order valence-electron chi connectivity index (χ3n) is 4.16. The molecule has 3 rings (SSSR count). The van der Waals surface area contributed by atoms with Crippen LogP contribution >= 0.6 is 0 Å². The highest BCUT2D eigenvalue weighted by molar-refractivity contribution is 5.92. The molecule has 3 nitrogen and oxygen atoms in total. The summed E-state index contributed by atoms with van der Waals surface area (Å²) in [6, 6.07) is 18.0. The van der Waals surface area contributed by atoms with E-state index >= 15 is 0 Å². The Hall–Kier alpha value is -2.55. The fourth-order valence-corrected chi connectivity index (χ4v) is 2.79. The molecule has 124 valence electrons. The van der Waals surface area contributed by atoms with Crippen molar-refractivity contribution in [2.45, 2.75) is 32.6 Å². The highest BCUT2D eigenvalue weighted by atomic mass is 16.5. The minimum absolute atomic E-state index is 0.756. The highest BCUT2D eigenvalue weighted by Gasteiger charge is 2.05. The average Bonchev–Trinajstić information content (AvgIpc) is 2.62. The van der Waals surface area contributed by atoms with Crippen molar-refractivity contribution in [2.75, 3.05) is 12.3 Å². The second kappa shape index (κ2) is 7.82. The lowest BCUT2D eigenvalue weighted by Crippen LogP contribution is -1.97. The summed E-state index contributed by atoms with van der Waals surface area (Å²) >= 11 is 0. The second-order valence-corrected chi connectivity index (χ2v) is 6.05. The molecule has 0 fully saturated rings. The van der Waals surface area contributed by atoms with Crippen molar-refractivity contribution in [1.82, 2.24) is 4.98 Å². The van der Waals surface area contributed by atoms with Gasteiger partial charge < -0.3 is 10.5 Å². The van der Waals surface area contributed by atoms with E-state index in [-0.39, 0.29) is 0 Å². The van der Waals surface area contributed by atoms with E-state index in [1.54, 1.807) is 0 Å². The zero-order valence-electron chi connectivity index (χ0n) is 14.2. The first kappa shape index (κ1) is 16.3. The summed E-state index contributed by atoms with van der Waals surface area (Å²) in [7, 11) is 0. The van der Waals surface area contributed by atoms with Crippen molar-refractivity contribution in [3.63, 3.8) is 0 Å². The van der Waals surface area contributed by atoms with Crippen LogP contribution in [0.25, 0.3) is 22.2 Å². The van der Waals surface area contributed by atoms with Crippen LogP contribution in [0, 0.1) is 0 Å². The van der Waals surface area contributed by atoms with Crippen LogP contribution in [0.5, 0.6) is 5.75 Å². The van der Waals surface area contributed by atoms with Crippen molar-refractivity contribution in [3.8, 4) is 17.0 Å². The number of benzene rings is 2. The number of hydrogen-bond donors (Lipinski definition) is 1. The van der Waals surface area contributed by atoms with Gasteiger partial charge in [0, 0.05) is 16.6 Å². The number of nitrogen functional groups attached to an aromatic ring is 1. The number of aromatic nitrogens is 1. The van der Waals surface area contributed by atoms with E-state index in [2.05, 4.69) is 6.92 Å². The summed E-state index contributed by atoms with van der Waals surface area (Å²) in [5, 5.41) is 0.994. The van der Waals surface area contributed by atoms with Crippen LogP contribution in [-0.2, 0) is 0 Å². The Bertz CT molecular complexity index is 797. The summed E-state index contributed by atoms with van der Waals surface area (Å²) in [5.41, 5.74) is 9.78. The van der Waals surface area contributed by atoms with E-state index in [1.165, 1.54) is 19.3 Å². The molecule has 0 aliphatic heterocycles. The van der Waals surface area contributed by atoms with E-state index in [0.717, 1.165) is 46.6 Å². The van der Waals surface area contributed by atoms with E-state index in [1.807, 2.05) is 54.6 Å². The summed E-state index contributed by atoms with van der Waals surface area (Å²) in [6.07, 6.45) is 4.86. The summed E-state index contributed by atoms with van der Waals surface area (Å²) in [4.78, 5) is 4.71. The maximum atomic E-state index is 6.17. The van der Waals surface area contributed by atoms with Crippen molar-refractivity contribution in [1.29, 1.82) is 0 Å². The van der Waals surface area contributed by atoms with Gasteiger partial charge in [-0.05, 0) is 42.8 Å². The van der Waals surface area contributed by atoms with E-state index in [0.29, 0.717) is 0 Å². The molecule has 0 saturated heterocycles. The molecule has 0 atom stereocenters. The molecule has 2 N–H and O–H groups in total. The van der Waals surface area contributed by atoms with Crippen LogP contribution in [0.1, 0.15) is 32.6 Å². The van der Waals surface area contributed by atoms with Gasteiger partial charge in [-0.25, -0.2) is 4.98 Å². The van der Waals surface area contributed by atoms with Crippen LogP contribution in [0.15, 0.2) is 54.6 Å². The lowest BCUT2D eigenvalue weighted by molar-refractivity contribution is 0.305. The van der Waals surface area contributed by atoms with Crippen LogP contribution in [0.2, 0.25) is 0 Å². The number of pyridine rings is 1. The standard InChI is InChI=1S/C21H24N2O/c1-2-3-4-7-14-24-17-12-10-16(11-13-17)21-15-19(22)18-8-5-6-9-20(18)23-21/h5-6,8-13,15H,2-4,7,14H2,1H3,(H2,22,23). The number of rotatable bonds is 7. The number of nitrogens with two attached hydrogens (primary N) is 1. The van der Waals surface area contributed by atoms with Gasteiger partial charge in [0.05, 0.1) is 17.8 Å². The van der Waals surface area contributed by atoms with Crippen molar-refractivity contribution in [3.05, 3.63) is 54.6 Å². The number of ether oxygens (including phenoxy) is 1. The van der Waals surface area contributed by atoms with Crippen molar-refractivity contribution >= 4 is 16.6 Å². The smallest absolute Gasteiger partial charge is 0.119 e. The molecule has 0 radical (unpaired) electrons. The third-order valence-corrected chi connectivity index (χ3v) is 4.16. The summed E-state index contributed by atoms with van der Waals surface area (Å²) < 4.78 is 5.79. The number of hydrogen-bond acceptors (Lipinski definition) is 3. The number of fused-ring (bicyclic) bond motifs is 1. The normalized spacial score (nSPS) is 10.9. The van der Waals surface area contributed by atoms with Crippen LogP contribution in [-0.4, -0.2) is 11.6 Å². The zero-order chi connectivity index (χ0) is 16.8. The molecule has 0 aliphatic rings. The molecule has 0 bridgehead atoms. The Kier molecular flexibility index (Phi) is 5.32. The predicted molar refractivity (Wildman–Crippen MR) is 101 cm³/mol. The SMILES string of the molecule is CCCCCCOc1ccc(-c2cc(N)c3ccccc3n2)cc1. The van der Waals surface area contributed by atoms with Crippen LogP contribution in [0.3, 0.4) is 0 Å². The Morgan fingerprint density at radius 2 is 1.75 bits per heavy atom. The summed E-state index contributed by atoms with van der Waals surface area (Å²) in [5.74, 6) is 0.906. The molecule has 3 heteroatoms. The quantitative estimate of drug-likeness (QED) is 0.589. The molecule has 0 unspecified atom stereocenters. The molecule has 1 aromatic heterocycles. The Morgan fingerprint density at radius 3 is 2.54 bits per heavy atom. The number of para-hydroxylation sites is 1. The molecule has 0 spiro atoms. The minimum Gasteiger partial charge on any atom is -0.494 e. The Morgan fingerprint density at radius 1 is 0.958 bits per heavy atom. The first-order chi connectivity index (χ1) is 11.8. The molecular weight excluding hydrogens is 296 g/mol. The van der Waals surface area contributed by atoms with Gasteiger partial charge in [0.25, 0.3) is 0 Å². The van der Waals surface area contributed by atoms with E-state index < -0.39 is 0 Å². The average molecular weight is 320 g/mol. The van der Waals surface area contributed by atoms with E-state index in [9.17, 15) is 0 Å². The largest absolute Gasteiger partial charge is 0.494 e. The van der Waals surface area contributed by atoms with Gasteiger partial charge >= 0.3 is 0 Å². The Labute approximate surface area is 143 Å². The van der Waals surface area contributed by atoms with Gasteiger partial charge in [-0.3, -0.25) is 0 Å². The lowest BCUT2D eigenvalue weighted by atomic mass is 10.1. The maximum absolute atomic E-state index is 6.17. The molecule has 0 amide bonds. The van der Waals surface area contributed by atoms with Crippen LogP contribution in [0.4, 0.5) is 5.69 Å². The van der Waals surface area contributed by atoms with Gasteiger partial charge in [-0.2, -0.15) is 0 Å². The van der Waals surface area contributed by atoms with Gasteiger partial charge in [0.2, 0.25) is 0 Å². The molecule has 2 aromatic carbocycles. The molecule has 24 heavy (non-hydrogen) atoms. The van der Waals surface area contributed by atoms with E-state index in [4.69, 9.17) is 15.5 Å². The first-order valence-corrected chi connectivity index (χ1v) is 8.66. The fourth-order valence-electron chi connectivity index (χ4n) is 2.79. The number of unbranched alkanes of at least 4 members (excludes halogenated alkanes) is 3. The molecule has 0 aliphatic carbocycles. The number of nitrogens with zero attached hydrogens (tertiary/aromatic N) is 1. The topological polar surface area (TPSA) is 48.1 Å². The molecule has 0 saturated carbocycles. The van der Waals surface area contributed by atoms with Gasteiger partial charge in [0.15, 0.2) is 0 Å². The minimum atomic E-state index is 0.756. The second-order valence-electron chi connectivity index (χ2n) is 6.05. The number of anilines is 1. The van der Waals surface area contributed by atoms with Crippen molar-refractivity contribution < 1.29 is 4.74 Å². The lowest BCUT2D eigenvalue weighted by Gasteiger charge is -2.09. The first-order valence-electron chi connectivity index (χ1n) is 8.66. The van der Waals surface area contributed by atoms with Crippen LogP contribution < -0.4 is 10.5 Å². The van der Waals surface area contributed by atoms with Gasteiger partial charge in [0.1, 0.15) is 5.75 Å². The summed E-state index contributed by atoms with van der Waals surface area (Å²) in [6.45, 7) is 2.99. The highest BCUT2D eigenvalue weighted by Crippen LogP contribution is 2.27. The molecular formula is C21H24N2O. The van der Waals surface area contributed by atoms with Gasteiger partial charge in [-0.1, -0.05) is 44.4 Å². The monoisotopic (exact) mass is 320 g/mol. The van der Waals surface area contributed by atoms with Crippen molar-refractivity contribution in [2.24, 2.45) is 0 Å². The van der Waals surface area contributed by atoms with Gasteiger partial charge in [-0.15, -0.1) is 0 Å². The zero-order valence-corrected chi connectivity index (χ0v) is 14.2. The Balaban J connectivity index is 1.71. The molecule has 1 heterocycles. The maximum Gasteiger partial charge on any atom is 0.119 e. The fraction of sp³-hybridized carbons (Fsp3) is 0.286. The third kappa shape index (κ3) is 3.85. The predicted octanol–water partition coefficient (Wildman–Crippen LogP) is 5.44. The molecule has 3 aromatic rings.